The molecule has 2 nitrogen and oxygen atoms in total. The summed E-state index contributed by atoms with van der Waals surface area (Å²) in [6.45, 7) is 7.32. The number of hydrogen-bond donors (Lipinski definition) is 1. The normalized spacial score (nSPS) is 10.7. The smallest absolute Gasteiger partial charge is 0.0400 e. The highest BCUT2D eigenvalue weighted by molar-refractivity contribution is 5.85. The van der Waals surface area contributed by atoms with Crippen molar-refractivity contribution in [2.75, 3.05) is 23.3 Å². The number of rotatable bonds is 6. The second-order valence-corrected chi connectivity index (χ2v) is 5.75. The molecule has 3 rings (SSSR count). The summed E-state index contributed by atoms with van der Waals surface area (Å²) in [5, 5.41) is 6.07. The topological polar surface area (TPSA) is 15.3 Å². The second kappa shape index (κ2) is 7.19. The minimum atomic E-state index is 0.844. The van der Waals surface area contributed by atoms with Gasteiger partial charge in [0.05, 0.1) is 0 Å². The molecule has 0 saturated heterocycles. The summed E-state index contributed by atoms with van der Waals surface area (Å²) < 4.78 is 0. The zero-order valence-corrected chi connectivity index (χ0v) is 13.9. The van der Waals surface area contributed by atoms with Gasteiger partial charge in [0.25, 0.3) is 0 Å². The lowest BCUT2D eigenvalue weighted by Gasteiger charge is -2.21. The molecule has 0 saturated carbocycles. The first-order valence-electron chi connectivity index (χ1n) is 8.36. The third-order valence-electron chi connectivity index (χ3n) is 4.31. The van der Waals surface area contributed by atoms with Crippen molar-refractivity contribution in [2.24, 2.45) is 0 Å². The molecule has 118 valence electrons. The first kappa shape index (κ1) is 15.4. The number of anilines is 2. The maximum atomic E-state index is 3.52. The third kappa shape index (κ3) is 3.65. The molecule has 0 unspecified atom stereocenters. The number of benzene rings is 3. The van der Waals surface area contributed by atoms with Crippen molar-refractivity contribution in [3.8, 4) is 0 Å². The first-order valence-corrected chi connectivity index (χ1v) is 8.36. The Hall–Kier alpha value is -2.48. The van der Waals surface area contributed by atoms with E-state index >= 15 is 0 Å². The molecule has 0 atom stereocenters. The fourth-order valence-electron chi connectivity index (χ4n) is 2.92. The van der Waals surface area contributed by atoms with E-state index in [1.807, 2.05) is 0 Å². The molecule has 3 aromatic rings. The quantitative estimate of drug-likeness (QED) is 0.665. The van der Waals surface area contributed by atoms with Crippen LogP contribution in [0.2, 0.25) is 0 Å². The Morgan fingerprint density at radius 2 is 1.48 bits per heavy atom. The SMILES string of the molecule is CCN(CC)c1ccc(CNc2ccc3ccccc3c2)cc1. The Balaban J connectivity index is 1.67. The van der Waals surface area contributed by atoms with E-state index in [1.165, 1.54) is 22.0 Å². The Labute approximate surface area is 138 Å². The van der Waals surface area contributed by atoms with Crippen LogP contribution in [0, 0.1) is 0 Å². The molecule has 0 radical (unpaired) electrons. The molecule has 0 spiro atoms. The molecule has 0 bridgehead atoms. The van der Waals surface area contributed by atoms with Crippen molar-refractivity contribution in [1.82, 2.24) is 0 Å². The first-order chi connectivity index (χ1) is 11.3. The molecular formula is C21H24N2. The minimum absolute atomic E-state index is 0.844. The Morgan fingerprint density at radius 3 is 2.17 bits per heavy atom. The lowest BCUT2D eigenvalue weighted by atomic mass is 10.1. The largest absolute Gasteiger partial charge is 0.381 e. The van der Waals surface area contributed by atoms with Crippen molar-refractivity contribution in [1.29, 1.82) is 0 Å². The fourth-order valence-corrected chi connectivity index (χ4v) is 2.92. The molecule has 0 aliphatic carbocycles. The molecule has 0 aliphatic heterocycles. The van der Waals surface area contributed by atoms with E-state index in [0.717, 1.165) is 25.3 Å². The monoisotopic (exact) mass is 304 g/mol. The van der Waals surface area contributed by atoms with E-state index in [0.29, 0.717) is 0 Å². The lowest BCUT2D eigenvalue weighted by Crippen LogP contribution is -2.21. The van der Waals surface area contributed by atoms with Gasteiger partial charge in [-0.25, -0.2) is 0 Å². The van der Waals surface area contributed by atoms with Gasteiger partial charge in [-0.05, 0) is 54.4 Å². The molecule has 0 heterocycles. The summed E-state index contributed by atoms with van der Waals surface area (Å²) in [7, 11) is 0. The summed E-state index contributed by atoms with van der Waals surface area (Å²) in [6.07, 6.45) is 0. The van der Waals surface area contributed by atoms with Gasteiger partial charge < -0.3 is 10.2 Å². The number of fused-ring (bicyclic) bond motifs is 1. The van der Waals surface area contributed by atoms with E-state index in [4.69, 9.17) is 0 Å². The van der Waals surface area contributed by atoms with Crippen LogP contribution in [-0.4, -0.2) is 13.1 Å². The van der Waals surface area contributed by atoms with Crippen molar-refractivity contribution >= 4 is 22.1 Å². The van der Waals surface area contributed by atoms with Crippen molar-refractivity contribution in [3.05, 3.63) is 72.3 Å². The van der Waals surface area contributed by atoms with Crippen LogP contribution in [0.4, 0.5) is 11.4 Å². The van der Waals surface area contributed by atoms with Gasteiger partial charge in [-0.15, -0.1) is 0 Å². The Bertz CT molecular complexity index is 758. The van der Waals surface area contributed by atoms with E-state index < -0.39 is 0 Å². The summed E-state index contributed by atoms with van der Waals surface area (Å²) in [4.78, 5) is 2.36. The molecule has 0 amide bonds. The van der Waals surface area contributed by atoms with Gasteiger partial charge in [-0.2, -0.15) is 0 Å². The highest BCUT2D eigenvalue weighted by Gasteiger charge is 2.02. The van der Waals surface area contributed by atoms with Crippen LogP contribution >= 0.6 is 0 Å². The van der Waals surface area contributed by atoms with Crippen LogP contribution in [0.1, 0.15) is 19.4 Å². The van der Waals surface area contributed by atoms with Gasteiger partial charge >= 0.3 is 0 Å². The zero-order valence-electron chi connectivity index (χ0n) is 13.9. The zero-order chi connectivity index (χ0) is 16.1. The summed E-state index contributed by atoms with van der Waals surface area (Å²) >= 11 is 0. The fraction of sp³-hybridized carbons (Fsp3) is 0.238. The highest BCUT2D eigenvalue weighted by Crippen LogP contribution is 2.20. The molecule has 0 fully saturated rings. The summed E-state index contributed by atoms with van der Waals surface area (Å²) in [5.41, 5.74) is 3.76. The molecule has 0 aromatic heterocycles. The molecular weight excluding hydrogens is 280 g/mol. The van der Waals surface area contributed by atoms with Crippen molar-refractivity contribution < 1.29 is 0 Å². The highest BCUT2D eigenvalue weighted by atomic mass is 15.1. The van der Waals surface area contributed by atoms with E-state index in [-0.39, 0.29) is 0 Å². The molecule has 3 aromatic carbocycles. The van der Waals surface area contributed by atoms with Crippen LogP contribution in [0.15, 0.2) is 66.7 Å². The minimum Gasteiger partial charge on any atom is -0.381 e. The van der Waals surface area contributed by atoms with Crippen LogP contribution in [0.5, 0.6) is 0 Å². The average Bonchev–Trinajstić information content (AvgIpc) is 2.62. The van der Waals surface area contributed by atoms with Gasteiger partial charge in [0, 0.05) is 31.0 Å². The predicted octanol–water partition coefficient (Wildman–Crippen LogP) is 5.30. The average molecular weight is 304 g/mol. The van der Waals surface area contributed by atoms with Gasteiger partial charge in [-0.1, -0.05) is 42.5 Å². The standard InChI is InChI=1S/C21H24N2/c1-3-23(4-2)21-13-9-17(10-14-21)16-22-20-12-11-18-7-5-6-8-19(18)15-20/h5-15,22H,3-4,16H2,1-2H3. The van der Waals surface area contributed by atoms with Crippen LogP contribution < -0.4 is 10.2 Å². The van der Waals surface area contributed by atoms with E-state index in [9.17, 15) is 0 Å². The predicted molar refractivity (Wildman–Crippen MR) is 101 cm³/mol. The van der Waals surface area contributed by atoms with E-state index in [2.05, 4.69) is 90.8 Å². The Morgan fingerprint density at radius 1 is 0.783 bits per heavy atom. The van der Waals surface area contributed by atoms with E-state index in [1.54, 1.807) is 0 Å². The number of nitrogens with zero attached hydrogens (tertiary/aromatic N) is 1. The molecule has 1 N–H and O–H groups in total. The molecule has 2 heteroatoms. The molecule has 23 heavy (non-hydrogen) atoms. The summed E-state index contributed by atoms with van der Waals surface area (Å²) in [6, 6.07) is 23.8. The Kier molecular flexibility index (Phi) is 4.82. The van der Waals surface area contributed by atoms with Gasteiger partial charge in [0.1, 0.15) is 0 Å². The second-order valence-electron chi connectivity index (χ2n) is 5.75. The van der Waals surface area contributed by atoms with Crippen molar-refractivity contribution in [3.63, 3.8) is 0 Å². The number of nitrogens with one attached hydrogen (secondary N) is 1. The van der Waals surface area contributed by atoms with Crippen LogP contribution in [0.3, 0.4) is 0 Å². The molecule has 0 aliphatic rings. The van der Waals surface area contributed by atoms with Crippen LogP contribution in [0.25, 0.3) is 10.8 Å². The number of hydrogen-bond acceptors (Lipinski definition) is 2. The third-order valence-corrected chi connectivity index (χ3v) is 4.31. The van der Waals surface area contributed by atoms with Crippen LogP contribution in [-0.2, 0) is 6.54 Å². The van der Waals surface area contributed by atoms with Crippen molar-refractivity contribution in [2.45, 2.75) is 20.4 Å². The maximum Gasteiger partial charge on any atom is 0.0400 e. The van der Waals surface area contributed by atoms with Gasteiger partial charge in [-0.3, -0.25) is 0 Å². The maximum absolute atomic E-state index is 3.52. The van der Waals surface area contributed by atoms with Gasteiger partial charge in [0.15, 0.2) is 0 Å². The lowest BCUT2D eigenvalue weighted by molar-refractivity contribution is 0.865. The van der Waals surface area contributed by atoms with Gasteiger partial charge in [0.2, 0.25) is 0 Å². The summed E-state index contributed by atoms with van der Waals surface area (Å²) in [5.74, 6) is 0.